The number of nitrogens with one attached hydrogen (secondary N) is 1. The van der Waals surface area contributed by atoms with E-state index in [1.807, 2.05) is 0 Å². The zero-order chi connectivity index (χ0) is 19.6. The molecule has 1 saturated heterocycles. The molecule has 2 amide bonds. The minimum absolute atomic E-state index is 0.0617. The van der Waals surface area contributed by atoms with Gasteiger partial charge in [-0.25, -0.2) is 4.39 Å². The number of anilines is 2. The van der Waals surface area contributed by atoms with E-state index in [0.717, 1.165) is 10.8 Å². The zero-order valence-corrected chi connectivity index (χ0v) is 17.1. The van der Waals surface area contributed by atoms with Crippen molar-refractivity contribution in [3.63, 3.8) is 0 Å². The van der Waals surface area contributed by atoms with Gasteiger partial charge in [0, 0.05) is 23.9 Å². The van der Waals surface area contributed by atoms with E-state index < -0.39 is 11.7 Å². The second-order valence-corrected chi connectivity index (χ2v) is 9.27. The lowest BCUT2D eigenvalue weighted by Gasteiger charge is -2.17. The molecule has 1 aromatic heterocycles. The van der Waals surface area contributed by atoms with E-state index in [-0.39, 0.29) is 29.8 Å². The smallest absolute Gasteiger partial charge is 0.231 e. The van der Waals surface area contributed by atoms with Crippen LogP contribution in [0.2, 0.25) is 5.02 Å². The summed E-state index contributed by atoms with van der Waals surface area (Å²) in [7, 11) is 0. The Morgan fingerprint density at radius 1 is 1.52 bits per heavy atom. The van der Waals surface area contributed by atoms with Crippen molar-refractivity contribution in [2.45, 2.75) is 36.3 Å². The molecule has 0 bridgehead atoms. The van der Waals surface area contributed by atoms with Crippen LogP contribution in [0.5, 0.6) is 0 Å². The second-order valence-electron chi connectivity index (χ2n) is 6.20. The number of carbonyl (C=O) groups is 2. The largest absolute Gasteiger partial charge is 0.312 e. The number of rotatable bonds is 6. The third-order valence-electron chi connectivity index (χ3n) is 4.22. The molecule has 1 aliphatic heterocycles. The first-order chi connectivity index (χ1) is 12.9. The van der Waals surface area contributed by atoms with E-state index in [1.54, 1.807) is 11.8 Å². The van der Waals surface area contributed by atoms with Crippen molar-refractivity contribution < 1.29 is 14.0 Å². The van der Waals surface area contributed by atoms with Crippen LogP contribution in [0.15, 0.2) is 22.5 Å². The van der Waals surface area contributed by atoms with E-state index in [9.17, 15) is 14.0 Å². The number of carbonyl (C=O) groups excluding carboxylic acids is 2. The van der Waals surface area contributed by atoms with E-state index in [1.165, 1.54) is 34.4 Å². The summed E-state index contributed by atoms with van der Waals surface area (Å²) in [5.74, 6) is -1.56. The predicted molar refractivity (Wildman–Crippen MR) is 106 cm³/mol. The van der Waals surface area contributed by atoms with Crippen molar-refractivity contribution in [1.29, 1.82) is 0 Å². The molecule has 0 saturated carbocycles. The van der Waals surface area contributed by atoms with Crippen LogP contribution in [0, 0.1) is 11.7 Å². The number of aromatic nitrogens is 2. The Morgan fingerprint density at radius 2 is 2.30 bits per heavy atom. The van der Waals surface area contributed by atoms with Crippen LogP contribution >= 0.6 is 34.7 Å². The molecule has 2 heterocycles. The summed E-state index contributed by atoms with van der Waals surface area (Å²) in [6, 6.07) is 4.07. The number of amides is 2. The van der Waals surface area contributed by atoms with E-state index in [2.05, 4.69) is 29.4 Å². The molecule has 1 aromatic carbocycles. The van der Waals surface area contributed by atoms with Crippen molar-refractivity contribution in [2.75, 3.05) is 16.8 Å². The number of hydrogen-bond acceptors (Lipinski definition) is 6. The number of halogens is 2. The SMILES string of the molecule is CCC(C)Sc1nnc(NC(=O)C2CC(=O)N(c3ccc(F)c(Cl)c3)C2)s1. The number of nitrogens with zero attached hydrogens (tertiary/aromatic N) is 3. The van der Waals surface area contributed by atoms with Crippen molar-refractivity contribution >= 4 is 57.3 Å². The van der Waals surface area contributed by atoms with Crippen LogP contribution in [0.25, 0.3) is 0 Å². The average Bonchev–Trinajstić information content (AvgIpc) is 3.23. The fourth-order valence-electron chi connectivity index (χ4n) is 2.56. The summed E-state index contributed by atoms with van der Waals surface area (Å²) in [6.07, 6.45) is 1.09. The first-order valence-corrected chi connectivity index (χ1v) is 10.5. The molecule has 2 aromatic rings. The summed E-state index contributed by atoms with van der Waals surface area (Å²) in [4.78, 5) is 26.2. The maximum absolute atomic E-state index is 13.3. The lowest BCUT2D eigenvalue weighted by molar-refractivity contribution is -0.122. The van der Waals surface area contributed by atoms with Gasteiger partial charge >= 0.3 is 0 Å². The Labute approximate surface area is 169 Å². The lowest BCUT2D eigenvalue weighted by Crippen LogP contribution is -2.28. The van der Waals surface area contributed by atoms with Crippen LogP contribution < -0.4 is 10.2 Å². The van der Waals surface area contributed by atoms with Gasteiger partial charge in [0.1, 0.15) is 5.82 Å². The Hall–Kier alpha value is -1.71. The highest BCUT2D eigenvalue weighted by atomic mass is 35.5. The Morgan fingerprint density at radius 3 is 3.00 bits per heavy atom. The molecule has 1 aliphatic rings. The topological polar surface area (TPSA) is 75.2 Å². The van der Waals surface area contributed by atoms with Crippen molar-refractivity contribution in [3.05, 3.63) is 29.0 Å². The van der Waals surface area contributed by atoms with Crippen molar-refractivity contribution in [2.24, 2.45) is 5.92 Å². The summed E-state index contributed by atoms with van der Waals surface area (Å²) < 4.78 is 14.1. The van der Waals surface area contributed by atoms with Crippen molar-refractivity contribution in [3.8, 4) is 0 Å². The van der Waals surface area contributed by atoms with Crippen molar-refractivity contribution in [1.82, 2.24) is 10.2 Å². The van der Waals surface area contributed by atoms with Gasteiger partial charge in [-0.1, -0.05) is 48.5 Å². The average molecular weight is 429 g/mol. The first kappa shape index (κ1) is 20.0. The van der Waals surface area contributed by atoms with Gasteiger partial charge in [-0.15, -0.1) is 10.2 Å². The van der Waals surface area contributed by atoms with Gasteiger partial charge in [0.2, 0.25) is 16.9 Å². The number of benzene rings is 1. The van der Waals surface area contributed by atoms with Crippen LogP contribution in [0.4, 0.5) is 15.2 Å². The predicted octanol–water partition coefficient (Wildman–Crippen LogP) is 4.21. The molecule has 6 nitrogen and oxygen atoms in total. The summed E-state index contributed by atoms with van der Waals surface area (Å²) in [5, 5.41) is 11.6. The summed E-state index contributed by atoms with van der Waals surface area (Å²) in [6.45, 7) is 4.41. The third-order valence-corrected chi connectivity index (χ3v) is 6.70. The van der Waals surface area contributed by atoms with Crippen LogP contribution in [-0.2, 0) is 9.59 Å². The standard InChI is InChI=1S/C17H18ClFN4O2S2/c1-3-9(2)26-17-22-21-16(27-17)20-15(25)10-6-14(24)23(8-10)11-4-5-13(19)12(18)7-11/h4-5,7,9-10H,3,6,8H2,1-2H3,(H,20,21,25). The lowest BCUT2D eigenvalue weighted by atomic mass is 10.1. The molecule has 27 heavy (non-hydrogen) atoms. The summed E-state index contributed by atoms with van der Waals surface area (Å²) in [5.41, 5.74) is 0.477. The van der Waals surface area contributed by atoms with E-state index in [0.29, 0.717) is 16.1 Å². The zero-order valence-electron chi connectivity index (χ0n) is 14.7. The number of hydrogen-bond donors (Lipinski definition) is 1. The molecule has 2 unspecified atom stereocenters. The van der Waals surface area contributed by atoms with E-state index >= 15 is 0 Å². The molecule has 3 rings (SSSR count). The van der Waals surface area contributed by atoms with Gasteiger partial charge in [-0.3, -0.25) is 9.59 Å². The molecular formula is C17H18ClFN4O2S2. The van der Waals surface area contributed by atoms with Gasteiger partial charge in [0.05, 0.1) is 10.9 Å². The van der Waals surface area contributed by atoms with Gasteiger partial charge in [0.25, 0.3) is 0 Å². The highest BCUT2D eigenvalue weighted by Gasteiger charge is 2.35. The fourth-order valence-corrected chi connectivity index (χ4v) is 4.73. The number of thioether (sulfide) groups is 1. The Bertz CT molecular complexity index is 863. The molecule has 144 valence electrons. The highest BCUT2D eigenvalue weighted by Crippen LogP contribution is 2.32. The molecular weight excluding hydrogens is 411 g/mol. The molecule has 1 fully saturated rings. The quantitative estimate of drug-likeness (QED) is 0.551. The van der Waals surface area contributed by atoms with Crippen LogP contribution in [-0.4, -0.2) is 33.8 Å². The molecule has 0 radical (unpaired) electrons. The van der Waals surface area contributed by atoms with Gasteiger partial charge in [-0.2, -0.15) is 0 Å². The second kappa shape index (κ2) is 8.53. The minimum Gasteiger partial charge on any atom is -0.312 e. The molecule has 0 aliphatic carbocycles. The third kappa shape index (κ3) is 4.77. The Balaban J connectivity index is 1.63. The maximum atomic E-state index is 13.3. The van der Waals surface area contributed by atoms with Gasteiger partial charge in [0.15, 0.2) is 4.34 Å². The molecule has 0 spiro atoms. The minimum atomic E-state index is -0.552. The Kier molecular flexibility index (Phi) is 6.33. The van der Waals surface area contributed by atoms with Gasteiger partial charge < -0.3 is 10.2 Å². The first-order valence-electron chi connectivity index (χ1n) is 8.43. The van der Waals surface area contributed by atoms with Crippen LogP contribution in [0.1, 0.15) is 26.7 Å². The molecule has 1 N–H and O–H groups in total. The normalized spacial score (nSPS) is 18.0. The molecule has 10 heteroatoms. The molecule has 2 atom stereocenters. The van der Waals surface area contributed by atoms with Crippen LogP contribution in [0.3, 0.4) is 0 Å². The maximum Gasteiger partial charge on any atom is 0.231 e. The van der Waals surface area contributed by atoms with Gasteiger partial charge in [-0.05, 0) is 24.6 Å². The fraction of sp³-hybridized carbons (Fsp3) is 0.412. The highest BCUT2D eigenvalue weighted by molar-refractivity contribution is 8.01. The monoisotopic (exact) mass is 428 g/mol. The van der Waals surface area contributed by atoms with E-state index in [4.69, 9.17) is 11.6 Å². The summed E-state index contributed by atoms with van der Waals surface area (Å²) >= 11 is 8.72.